The fourth-order valence-electron chi connectivity index (χ4n) is 4.51. The van der Waals surface area contributed by atoms with E-state index in [1.165, 1.54) is 12.1 Å². The molecule has 1 heterocycles. The van der Waals surface area contributed by atoms with Gasteiger partial charge in [0.15, 0.2) is 0 Å². The summed E-state index contributed by atoms with van der Waals surface area (Å²) in [6, 6.07) is 14.9. The molecule has 2 atom stereocenters. The van der Waals surface area contributed by atoms with Crippen LogP contribution in [0.15, 0.2) is 59.5 Å². The van der Waals surface area contributed by atoms with Crippen LogP contribution in [0, 0.1) is 12.3 Å². The van der Waals surface area contributed by atoms with Crippen molar-refractivity contribution in [3.05, 3.63) is 65.7 Å². The van der Waals surface area contributed by atoms with Crippen molar-refractivity contribution in [1.29, 1.82) is 0 Å². The van der Waals surface area contributed by atoms with Gasteiger partial charge in [-0.05, 0) is 37.5 Å². The van der Waals surface area contributed by atoms with Gasteiger partial charge in [-0.3, -0.25) is 14.4 Å². The van der Waals surface area contributed by atoms with Crippen LogP contribution in [0.4, 0.5) is 0 Å². The summed E-state index contributed by atoms with van der Waals surface area (Å²) in [6.45, 7) is 1.81. The summed E-state index contributed by atoms with van der Waals surface area (Å²) in [7, 11) is -4.39. The lowest BCUT2D eigenvalue weighted by molar-refractivity contribution is -0.155. The molecular weight excluding hydrogens is 390 g/mol. The van der Waals surface area contributed by atoms with Gasteiger partial charge in [-0.2, -0.15) is 4.31 Å². The molecule has 2 aromatic carbocycles. The van der Waals surface area contributed by atoms with Gasteiger partial charge in [-0.15, -0.1) is 0 Å². The van der Waals surface area contributed by atoms with Gasteiger partial charge in [0, 0.05) is 18.8 Å². The van der Waals surface area contributed by atoms with Crippen molar-refractivity contribution in [1.82, 2.24) is 4.31 Å². The number of Topliss-reactive ketones (excluding diaryl/α,β-unsaturated/α-hetero) is 1. The standard InChI is InChI=1S/C22H21NO5S/c1-15-9-11-17(12-10-15)29(27,28)23-20(25)14-18(16-6-3-2-4-7-16)22(21(23)26)13-5-8-19(22)24/h2-4,6-7,9-12,18H,5,8,13-14H2,1H3/t18-,22-/m0/s1. The van der Waals surface area contributed by atoms with Crippen LogP contribution in [-0.4, -0.2) is 30.3 Å². The smallest absolute Gasteiger partial charge is 0.273 e. The van der Waals surface area contributed by atoms with Crippen molar-refractivity contribution in [3.63, 3.8) is 0 Å². The fraction of sp³-hybridized carbons (Fsp3) is 0.318. The number of hydrogen-bond donors (Lipinski definition) is 0. The molecule has 2 fully saturated rings. The number of imide groups is 1. The highest BCUT2D eigenvalue weighted by molar-refractivity contribution is 7.90. The minimum Gasteiger partial charge on any atom is -0.298 e. The number of carbonyl (C=O) groups is 3. The number of carbonyl (C=O) groups excluding carboxylic acids is 3. The minimum atomic E-state index is -4.39. The first-order chi connectivity index (χ1) is 13.8. The average Bonchev–Trinajstić information content (AvgIpc) is 3.08. The molecular formula is C22H21NO5S. The molecule has 0 aromatic heterocycles. The highest BCUT2D eigenvalue weighted by Crippen LogP contribution is 2.52. The van der Waals surface area contributed by atoms with Gasteiger partial charge >= 0.3 is 0 Å². The zero-order chi connectivity index (χ0) is 20.8. The van der Waals surface area contributed by atoms with Crippen LogP contribution in [0.2, 0.25) is 0 Å². The van der Waals surface area contributed by atoms with Gasteiger partial charge in [0.2, 0.25) is 5.91 Å². The topological polar surface area (TPSA) is 88.6 Å². The van der Waals surface area contributed by atoms with Crippen molar-refractivity contribution in [2.75, 3.05) is 0 Å². The van der Waals surface area contributed by atoms with Crippen molar-refractivity contribution < 1.29 is 22.8 Å². The number of nitrogens with zero attached hydrogens (tertiary/aromatic N) is 1. The van der Waals surface area contributed by atoms with E-state index in [0.29, 0.717) is 16.3 Å². The summed E-state index contributed by atoms with van der Waals surface area (Å²) < 4.78 is 26.7. The van der Waals surface area contributed by atoms with E-state index in [0.717, 1.165) is 5.56 Å². The van der Waals surface area contributed by atoms with Gasteiger partial charge in [0.05, 0.1) is 4.90 Å². The minimum absolute atomic E-state index is 0.136. The molecule has 6 nitrogen and oxygen atoms in total. The second-order valence-corrected chi connectivity index (χ2v) is 9.48. The lowest BCUT2D eigenvalue weighted by atomic mass is 9.66. The Morgan fingerprint density at radius 2 is 1.62 bits per heavy atom. The maximum atomic E-state index is 13.5. The Labute approximate surface area is 169 Å². The van der Waals surface area contributed by atoms with Crippen LogP contribution in [0.3, 0.4) is 0 Å². The van der Waals surface area contributed by atoms with E-state index in [9.17, 15) is 22.8 Å². The molecule has 1 saturated carbocycles. The van der Waals surface area contributed by atoms with E-state index < -0.39 is 33.2 Å². The Balaban J connectivity index is 1.84. The third-order valence-corrected chi connectivity index (χ3v) is 7.72. The third kappa shape index (κ3) is 2.92. The highest BCUT2D eigenvalue weighted by Gasteiger charge is 2.62. The molecule has 0 bridgehead atoms. The normalized spacial score (nSPS) is 25.1. The van der Waals surface area contributed by atoms with Crippen molar-refractivity contribution in [3.8, 4) is 0 Å². The zero-order valence-electron chi connectivity index (χ0n) is 16.0. The van der Waals surface area contributed by atoms with Gasteiger partial charge in [-0.25, -0.2) is 8.42 Å². The number of piperidine rings is 1. The molecule has 0 radical (unpaired) electrons. The lowest BCUT2D eigenvalue weighted by Gasteiger charge is -2.42. The molecule has 7 heteroatoms. The molecule has 150 valence electrons. The van der Waals surface area contributed by atoms with E-state index in [2.05, 4.69) is 0 Å². The summed E-state index contributed by atoms with van der Waals surface area (Å²) in [4.78, 5) is 39.3. The summed E-state index contributed by atoms with van der Waals surface area (Å²) in [5, 5.41) is 0. The molecule has 1 spiro atoms. The molecule has 4 rings (SSSR count). The van der Waals surface area contributed by atoms with Gasteiger partial charge < -0.3 is 0 Å². The first-order valence-corrected chi connectivity index (χ1v) is 11.0. The summed E-state index contributed by atoms with van der Waals surface area (Å²) >= 11 is 0. The van der Waals surface area contributed by atoms with Crippen LogP contribution >= 0.6 is 0 Å². The van der Waals surface area contributed by atoms with E-state index in [1.54, 1.807) is 36.4 Å². The molecule has 2 aromatic rings. The Bertz CT molecular complexity index is 1090. The van der Waals surface area contributed by atoms with E-state index in [1.807, 2.05) is 13.0 Å². The summed E-state index contributed by atoms with van der Waals surface area (Å²) in [5.74, 6) is -2.64. The molecule has 1 aliphatic heterocycles. The summed E-state index contributed by atoms with van der Waals surface area (Å²) in [6.07, 6.45) is 0.756. The quantitative estimate of drug-likeness (QED) is 0.572. The molecule has 1 aliphatic carbocycles. The first-order valence-electron chi connectivity index (χ1n) is 9.56. The number of rotatable bonds is 3. The third-order valence-electron chi connectivity index (χ3n) is 6.00. The van der Waals surface area contributed by atoms with Crippen LogP contribution in [0.25, 0.3) is 0 Å². The Morgan fingerprint density at radius 1 is 0.966 bits per heavy atom. The SMILES string of the molecule is Cc1ccc(S(=O)(=O)N2C(=O)C[C@@H](c3ccccc3)[C@]3(CCCC3=O)C2=O)cc1. The lowest BCUT2D eigenvalue weighted by Crippen LogP contribution is -2.58. The Hall–Kier alpha value is -2.80. The molecule has 0 N–H and O–H groups in total. The maximum absolute atomic E-state index is 13.5. The Morgan fingerprint density at radius 3 is 2.21 bits per heavy atom. The van der Waals surface area contributed by atoms with Crippen LogP contribution in [0.1, 0.15) is 42.7 Å². The number of ketones is 1. The largest absolute Gasteiger partial charge is 0.298 e. The van der Waals surface area contributed by atoms with E-state index in [4.69, 9.17) is 0 Å². The second-order valence-electron chi connectivity index (χ2n) is 7.70. The van der Waals surface area contributed by atoms with Crippen LogP contribution < -0.4 is 0 Å². The van der Waals surface area contributed by atoms with Gasteiger partial charge in [0.1, 0.15) is 11.2 Å². The number of benzene rings is 2. The number of sulfonamides is 1. The Kier molecular flexibility index (Phi) is 4.65. The van der Waals surface area contributed by atoms with Gasteiger partial charge in [-0.1, -0.05) is 48.0 Å². The van der Waals surface area contributed by atoms with Crippen LogP contribution in [-0.2, 0) is 24.4 Å². The number of amides is 2. The second kappa shape index (κ2) is 6.91. The molecule has 0 unspecified atom stereocenters. The monoisotopic (exact) mass is 411 g/mol. The highest BCUT2D eigenvalue weighted by atomic mass is 32.2. The predicted molar refractivity (Wildman–Crippen MR) is 105 cm³/mol. The predicted octanol–water partition coefficient (Wildman–Crippen LogP) is 2.97. The number of hydrogen-bond acceptors (Lipinski definition) is 5. The first kappa shape index (κ1) is 19.5. The maximum Gasteiger partial charge on any atom is 0.273 e. The molecule has 1 saturated heterocycles. The molecule has 2 aliphatic rings. The van der Waals surface area contributed by atoms with Crippen molar-refractivity contribution >= 4 is 27.6 Å². The molecule has 2 amide bonds. The van der Waals surface area contributed by atoms with E-state index in [-0.39, 0.29) is 29.9 Å². The van der Waals surface area contributed by atoms with Gasteiger partial charge in [0.25, 0.3) is 15.9 Å². The van der Waals surface area contributed by atoms with Crippen LogP contribution in [0.5, 0.6) is 0 Å². The molecule has 29 heavy (non-hydrogen) atoms. The van der Waals surface area contributed by atoms with E-state index >= 15 is 0 Å². The average molecular weight is 411 g/mol. The van der Waals surface area contributed by atoms with Crippen molar-refractivity contribution in [2.45, 2.75) is 43.4 Å². The fourth-order valence-corrected chi connectivity index (χ4v) is 5.92. The number of aryl methyl sites for hydroxylation is 1. The zero-order valence-corrected chi connectivity index (χ0v) is 16.8. The summed E-state index contributed by atoms with van der Waals surface area (Å²) in [5.41, 5.74) is 0.0520. The van der Waals surface area contributed by atoms with Crippen molar-refractivity contribution in [2.24, 2.45) is 5.41 Å².